The Morgan fingerprint density at radius 2 is 1.91 bits per heavy atom. The smallest absolute Gasteiger partial charge is 0.299 e. The molecule has 0 radical (unpaired) electrons. The predicted octanol–water partition coefficient (Wildman–Crippen LogP) is -0.666. The van der Waals surface area contributed by atoms with Crippen molar-refractivity contribution < 1.29 is 12.6 Å². The molecule has 0 rings (SSSR count). The number of hydrogen-bond donors (Lipinski definition) is 2. The van der Waals surface area contributed by atoms with E-state index in [1.807, 2.05) is 0 Å². The Hall–Kier alpha value is -0.170. The monoisotopic (exact) mass is 182 g/mol. The molecule has 0 aliphatic rings. The van der Waals surface area contributed by atoms with E-state index in [2.05, 4.69) is 4.18 Å². The fourth-order valence-electron chi connectivity index (χ4n) is 0.320. The van der Waals surface area contributed by atoms with Crippen molar-refractivity contribution >= 4 is 10.1 Å². The highest BCUT2D eigenvalue weighted by Crippen LogP contribution is 2.05. The summed E-state index contributed by atoms with van der Waals surface area (Å²) >= 11 is 0. The molecule has 0 aliphatic carbocycles. The zero-order valence-electron chi connectivity index (χ0n) is 6.70. The molecule has 0 unspecified atom stereocenters. The van der Waals surface area contributed by atoms with Crippen molar-refractivity contribution in [2.24, 2.45) is 11.5 Å². The van der Waals surface area contributed by atoms with E-state index >= 15 is 0 Å². The molecule has 5 nitrogen and oxygen atoms in total. The van der Waals surface area contributed by atoms with Crippen LogP contribution in [0.4, 0.5) is 0 Å². The summed E-state index contributed by atoms with van der Waals surface area (Å²) in [4.78, 5) is -1.80. The van der Waals surface area contributed by atoms with Crippen LogP contribution in [0.2, 0.25) is 0 Å². The fourth-order valence-corrected chi connectivity index (χ4v) is 0.960. The SMILES string of the molecule is CCCOS(=O)(=O)C(C)(N)N. The topological polar surface area (TPSA) is 95.4 Å². The van der Waals surface area contributed by atoms with Gasteiger partial charge in [-0.15, -0.1) is 0 Å². The van der Waals surface area contributed by atoms with Crippen molar-refractivity contribution in [3.63, 3.8) is 0 Å². The van der Waals surface area contributed by atoms with Crippen LogP contribution < -0.4 is 11.5 Å². The molecule has 68 valence electrons. The van der Waals surface area contributed by atoms with Crippen LogP contribution in [0.5, 0.6) is 0 Å². The Morgan fingerprint density at radius 3 is 2.18 bits per heavy atom. The van der Waals surface area contributed by atoms with Gasteiger partial charge in [-0.1, -0.05) is 6.92 Å². The first-order valence-electron chi connectivity index (χ1n) is 3.28. The lowest BCUT2D eigenvalue weighted by molar-refractivity contribution is 0.300. The standard InChI is InChI=1S/C5H14N2O3S/c1-3-4-10-11(8,9)5(2,6)7/h3-4,6-7H2,1-2H3. The van der Waals surface area contributed by atoms with Gasteiger partial charge in [0.15, 0.2) is 4.99 Å². The van der Waals surface area contributed by atoms with E-state index in [1.54, 1.807) is 6.92 Å². The molecule has 11 heavy (non-hydrogen) atoms. The minimum Gasteiger partial charge on any atom is -0.299 e. The average molecular weight is 182 g/mol. The lowest BCUT2D eigenvalue weighted by atomic mass is 10.5. The quantitative estimate of drug-likeness (QED) is 0.444. The Bertz CT molecular complexity index is 204. The first-order chi connectivity index (χ1) is 4.81. The van der Waals surface area contributed by atoms with E-state index in [0.717, 1.165) is 0 Å². The minimum atomic E-state index is -3.80. The van der Waals surface area contributed by atoms with Crippen molar-refractivity contribution in [1.29, 1.82) is 0 Å². The van der Waals surface area contributed by atoms with E-state index in [-0.39, 0.29) is 6.61 Å². The summed E-state index contributed by atoms with van der Waals surface area (Å²) in [7, 11) is -3.80. The van der Waals surface area contributed by atoms with Gasteiger partial charge in [0.25, 0.3) is 10.1 Å². The summed E-state index contributed by atoms with van der Waals surface area (Å²) < 4.78 is 26.3. The van der Waals surface area contributed by atoms with Crippen LogP contribution in [0.15, 0.2) is 0 Å². The van der Waals surface area contributed by atoms with Gasteiger partial charge in [-0.2, -0.15) is 8.42 Å². The first kappa shape index (κ1) is 10.8. The van der Waals surface area contributed by atoms with Gasteiger partial charge < -0.3 is 0 Å². The summed E-state index contributed by atoms with van der Waals surface area (Å²) in [6.07, 6.45) is 0.606. The van der Waals surface area contributed by atoms with Gasteiger partial charge in [0, 0.05) is 0 Å². The van der Waals surface area contributed by atoms with Crippen LogP contribution in [-0.4, -0.2) is 20.0 Å². The van der Waals surface area contributed by atoms with Crippen LogP contribution in [0.25, 0.3) is 0 Å². The highest BCUT2D eigenvalue weighted by atomic mass is 32.2. The molecule has 0 atom stereocenters. The van der Waals surface area contributed by atoms with Crippen molar-refractivity contribution in [2.75, 3.05) is 6.61 Å². The molecule has 0 aliphatic heterocycles. The molecule has 0 heterocycles. The lowest BCUT2D eigenvalue weighted by Gasteiger charge is -2.17. The average Bonchev–Trinajstić information content (AvgIpc) is 1.81. The molecule has 0 aromatic rings. The van der Waals surface area contributed by atoms with Gasteiger partial charge >= 0.3 is 0 Å². The van der Waals surface area contributed by atoms with E-state index in [1.165, 1.54) is 6.92 Å². The van der Waals surface area contributed by atoms with Gasteiger partial charge in [0.1, 0.15) is 0 Å². The Labute approximate surface area is 66.8 Å². The number of hydrogen-bond acceptors (Lipinski definition) is 5. The molecule has 0 amide bonds. The van der Waals surface area contributed by atoms with Crippen LogP contribution in [0.1, 0.15) is 20.3 Å². The second-order valence-electron chi connectivity index (χ2n) is 2.46. The Kier molecular flexibility index (Phi) is 3.43. The van der Waals surface area contributed by atoms with Crippen molar-refractivity contribution in [1.82, 2.24) is 0 Å². The highest BCUT2D eigenvalue weighted by Gasteiger charge is 2.31. The van der Waals surface area contributed by atoms with E-state index in [0.29, 0.717) is 6.42 Å². The van der Waals surface area contributed by atoms with Crippen LogP contribution in [-0.2, 0) is 14.3 Å². The molecule has 0 saturated carbocycles. The molecule has 0 spiro atoms. The molecular weight excluding hydrogens is 168 g/mol. The molecule has 0 bridgehead atoms. The minimum absolute atomic E-state index is 0.117. The zero-order valence-corrected chi connectivity index (χ0v) is 7.52. The predicted molar refractivity (Wildman–Crippen MR) is 41.9 cm³/mol. The molecule has 0 saturated heterocycles. The Balaban J connectivity index is 4.26. The third-order valence-corrected chi connectivity index (χ3v) is 2.54. The molecule has 0 aromatic heterocycles. The van der Waals surface area contributed by atoms with Gasteiger partial charge in [-0.05, 0) is 13.3 Å². The summed E-state index contributed by atoms with van der Waals surface area (Å²) in [6.45, 7) is 3.09. The third-order valence-electron chi connectivity index (χ3n) is 0.981. The number of rotatable bonds is 4. The van der Waals surface area contributed by atoms with E-state index in [4.69, 9.17) is 11.5 Å². The molecule has 0 aromatic carbocycles. The Morgan fingerprint density at radius 1 is 1.45 bits per heavy atom. The van der Waals surface area contributed by atoms with Crippen LogP contribution in [0, 0.1) is 0 Å². The van der Waals surface area contributed by atoms with Gasteiger partial charge in [-0.25, -0.2) is 0 Å². The first-order valence-corrected chi connectivity index (χ1v) is 4.69. The second kappa shape index (κ2) is 3.48. The van der Waals surface area contributed by atoms with Crippen molar-refractivity contribution in [2.45, 2.75) is 25.3 Å². The summed E-state index contributed by atoms with van der Waals surface area (Å²) in [5.74, 6) is 0. The highest BCUT2D eigenvalue weighted by molar-refractivity contribution is 7.88. The third kappa shape index (κ3) is 3.15. The van der Waals surface area contributed by atoms with Crippen LogP contribution >= 0.6 is 0 Å². The van der Waals surface area contributed by atoms with Gasteiger partial charge in [0.2, 0.25) is 0 Å². The van der Waals surface area contributed by atoms with E-state index < -0.39 is 15.1 Å². The molecule has 0 fully saturated rings. The van der Waals surface area contributed by atoms with Crippen molar-refractivity contribution in [3.8, 4) is 0 Å². The maximum absolute atomic E-state index is 10.9. The summed E-state index contributed by atoms with van der Waals surface area (Å²) in [5.41, 5.74) is 10.2. The van der Waals surface area contributed by atoms with Gasteiger partial charge in [-0.3, -0.25) is 15.7 Å². The summed E-state index contributed by atoms with van der Waals surface area (Å²) in [6, 6.07) is 0. The van der Waals surface area contributed by atoms with Crippen LogP contribution in [0.3, 0.4) is 0 Å². The number of nitrogens with two attached hydrogens (primary N) is 2. The maximum Gasteiger partial charge on any atom is 0.299 e. The van der Waals surface area contributed by atoms with E-state index in [9.17, 15) is 8.42 Å². The van der Waals surface area contributed by atoms with Gasteiger partial charge in [0.05, 0.1) is 6.61 Å². The molecule has 6 heteroatoms. The molecular formula is C5H14N2O3S. The maximum atomic E-state index is 10.9. The normalized spacial score (nSPS) is 13.5. The fraction of sp³-hybridized carbons (Fsp3) is 1.00. The second-order valence-corrected chi connectivity index (χ2v) is 4.48. The summed E-state index contributed by atoms with van der Waals surface area (Å²) in [5, 5.41) is 0. The van der Waals surface area contributed by atoms with Crippen molar-refractivity contribution in [3.05, 3.63) is 0 Å². The largest absolute Gasteiger partial charge is 0.299 e. The lowest BCUT2D eigenvalue weighted by Crippen LogP contribution is -2.53. The zero-order chi connectivity index (χ0) is 9.12. The molecule has 4 N–H and O–H groups in total.